The van der Waals surface area contributed by atoms with Crippen molar-refractivity contribution >= 4 is 15.9 Å². The summed E-state index contributed by atoms with van der Waals surface area (Å²) in [6, 6.07) is 8.23. The van der Waals surface area contributed by atoms with E-state index in [4.69, 9.17) is 5.26 Å². The molecule has 0 aliphatic heterocycles. The summed E-state index contributed by atoms with van der Waals surface area (Å²) in [6.07, 6.45) is 0. The monoisotopic (exact) mass is 309 g/mol. The van der Waals surface area contributed by atoms with Crippen LogP contribution >= 0.6 is 0 Å². The first-order valence-corrected chi connectivity index (χ1v) is 8.20. The molecule has 0 saturated heterocycles. The molecule has 1 aromatic carbocycles. The Morgan fingerprint density at radius 1 is 1.29 bits per heavy atom. The van der Waals surface area contributed by atoms with Gasteiger partial charge in [-0.15, -0.1) is 0 Å². The fourth-order valence-electron chi connectivity index (χ4n) is 1.50. The standard InChI is InChI=1S/C14H19N3O3S/c1-11(2)8-16-14(18)9-17-21(19,20)10-13-5-3-12(7-15)4-6-13/h3-6,11,17H,8-10H2,1-2H3,(H,16,18). The second-order valence-corrected chi connectivity index (χ2v) is 6.89. The molecule has 0 aromatic heterocycles. The second kappa shape index (κ2) is 7.76. The van der Waals surface area contributed by atoms with Gasteiger partial charge in [0.2, 0.25) is 15.9 Å². The SMILES string of the molecule is CC(C)CNC(=O)CNS(=O)(=O)Cc1ccc(C#N)cc1. The fourth-order valence-corrected chi connectivity index (χ4v) is 2.59. The van der Waals surface area contributed by atoms with Crippen molar-refractivity contribution in [1.29, 1.82) is 5.26 Å². The van der Waals surface area contributed by atoms with Gasteiger partial charge in [0.05, 0.1) is 23.9 Å². The molecule has 6 nitrogen and oxygen atoms in total. The van der Waals surface area contributed by atoms with Crippen molar-refractivity contribution in [3.63, 3.8) is 0 Å². The van der Waals surface area contributed by atoms with Crippen LogP contribution in [0.5, 0.6) is 0 Å². The quantitative estimate of drug-likeness (QED) is 0.776. The van der Waals surface area contributed by atoms with E-state index in [-0.39, 0.29) is 18.2 Å². The average Bonchev–Trinajstić information content (AvgIpc) is 2.43. The van der Waals surface area contributed by atoms with Gasteiger partial charge in [-0.25, -0.2) is 13.1 Å². The lowest BCUT2D eigenvalue weighted by Crippen LogP contribution is -2.38. The van der Waals surface area contributed by atoms with E-state index in [0.29, 0.717) is 23.6 Å². The zero-order chi connectivity index (χ0) is 15.9. The van der Waals surface area contributed by atoms with Crippen LogP contribution in [0.2, 0.25) is 0 Å². The molecule has 0 fully saturated rings. The van der Waals surface area contributed by atoms with Gasteiger partial charge in [0, 0.05) is 6.54 Å². The van der Waals surface area contributed by atoms with E-state index in [0.717, 1.165) is 0 Å². The molecule has 2 N–H and O–H groups in total. The van der Waals surface area contributed by atoms with E-state index >= 15 is 0 Å². The number of carbonyl (C=O) groups excluding carboxylic acids is 1. The number of nitrogens with zero attached hydrogens (tertiary/aromatic N) is 1. The lowest BCUT2D eigenvalue weighted by atomic mass is 10.2. The maximum atomic E-state index is 11.8. The van der Waals surface area contributed by atoms with Crippen molar-refractivity contribution in [1.82, 2.24) is 10.0 Å². The Balaban J connectivity index is 2.50. The maximum Gasteiger partial charge on any atom is 0.235 e. The first-order chi connectivity index (χ1) is 9.82. The summed E-state index contributed by atoms with van der Waals surface area (Å²) in [4.78, 5) is 11.5. The Labute approximate surface area is 125 Å². The molecule has 0 spiro atoms. The second-order valence-electron chi connectivity index (χ2n) is 5.09. The summed E-state index contributed by atoms with van der Waals surface area (Å²) in [5.41, 5.74) is 1.03. The summed E-state index contributed by atoms with van der Waals surface area (Å²) in [5, 5.41) is 11.3. The van der Waals surface area contributed by atoms with Gasteiger partial charge in [0.25, 0.3) is 0 Å². The largest absolute Gasteiger partial charge is 0.355 e. The number of sulfonamides is 1. The zero-order valence-electron chi connectivity index (χ0n) is 12.1. The predicted molar refractivity (Wildman–Crippen MR) is 79.6 cm³/mol. The lowest BCUT2D eigenvalue weighted by molar-refractivity contribution is -0.120. The molecule has 0 bridgehead atoms. The number of hydrogen-bond acceptors (Lipinski definition) is 4. The predicted octanol–water partition coefficient (Wildman–Crippen LogP) is 0.750. The van der Waals surface area contributed by atoms with Crippen LogP contribution in [0.1, 0.15) is 25.0 Å². The van der Waals surface area contributed by atoms with E-state index in [2.05, 4.69) is 10.0 Å². The van der Waals surface area contributed by atoms with Crippen LogP contribution in [0.15, 0.2) is 24.3 Å². The number of hydrogen-bond donors (Lipinski definition) is 2. The third-order valence-corrected chi connectivity index (χ3v) is 3.90. The number of benzene rings is 1. The molecular formula is C14H19N3O3S. The minimum atomic E-state index is -3.58. The summed E-state index contributed by atoms with van der Waals surface area (Å²) in [6.45, 7) is 4.15. The van der Waals surface area contributed by atoms with Gasteiger partial charge in [-0.2, -0.15) is 5.26 Å². The van der Waals surface area contributed by atoms with Gasteiger partial charge in [-0.05, 0) is 23.6 Å². The van der Waals surface area contributed by atoms with E-state index in [1.54, 1.807) is 24.3 Å². The Morgan fingerprint density at radius 2 is 1.90 bits per heavy atom. The van der Waals surface area contributed by atoms with Gasteiger partial charge in [-0.3, -0.25) is 4.79 Å². The molecule has 0 aliphatic rings. The number of nitriles is 1. The summed E-state index contributed by atoms with van der Waals surface area (Å²) < 4.78 is 25.9. The van der Waals surface area contributed by atoms with Crippen LogP contribution in [-0.4, -0.2) is 27.4 Å². The van der Waals surface area contributed by atoms with E-state index in [9.17, 15) is 13.2 Å². The minimum Gasteiger partial charge on any atom is -0.355 e. The minimum absolute atomic E-state index is 0.226. The average molecular weight is 309 g/mol. The molecule has 0 saturated carbocycles. The van der Waals surface area contributed by atoms with Crippen molar-refractivity contribution in [2.75, 3.05) is 13.1 Å². The molecule has 1 rings (SSSR count). The van der Waals surface area contributed by atoms with E-state index in [1.807, 2.05) is 19.9 Å². The lowest BCUT2D eigenvalue weighted by Gasteiger charge is -2.09. The summed E-state index contributed by atoms with van der Waals surface area (Å²) >= 11 is 0. The highest BCUT2D eigenvalue weighted by atomic mass is 32.2. The van der Waals surface area contributed by atoms with Gasteiger partial charge in [0.1, 0.15) is 0 Å². The Bertz CT molecular complexity index is 616. The van der Waals surface area contributed by atoms with Gasteiger partial charge in [0.15, 0.2) is 0 Å². The molecule has 0 aliphatic carbocycles. The first kappa shape index (κ1) is 17.1. The third-order valence-electron chi connectivity index (χ3n) is 2.60. The summed E-state index contributed by atoms with van der Waals surface area (Å²) in [7, 11) is -3.58. The molecule has 0 radical (unpaired) electrons. The van der Waals surface area contributed by atoms with Crippen molar-refractivity contribution in [3.05, 3.63) is 35.4 Å². The van der Waals surface area contributed by atoms with Crippen LogP contribution < -0.4 is 10.0 Å². The Hall–Kier alpha value is -1.91. The van der Waals surface area contributed by atoms with Crippen LogP contribution in [0.4, 0.5) is 0 Å². The van der Waals surface area contributed by atoms with Crippen LogP contribution in [0, 0.1) is 17.2 Å². The fraction of sp³-hybridized carbons (Fsp3) is 0.429. The van der Waals surface area contributed by atoms with E-state index in [1.165, 1.54) is 0 Å². The summed E-state index contributed by atoms with van der Waals surface area (Å²) in [5.74, 6) is -0.271. The normalized spacial score (nSPS) is 11.1. The molecule has 0 unspecified atom stereocenters. The highest BCUT2D eigenvalue weighted by Crippen LogP contribution is 2.06. The molecule has 7 heteroatoms. The molecule has 1 aromatic rings. The smallest absolute Gasteiger partial charge is 0.235 e. The molecule has 0 atom stereocenters. The first-order valence-electron chi connectivity index (χ1n) is 6.55. The number of amides is 1. The molecule has 21 heavy (non-hydrogen) atoms. The van der Waals surface area contributed by atoms with Crippen molar-refractivity contribution in [2.24, 2.45) is 5.92 Å². The Morgan fingerprint density at radius 3 is 2.43 bits per heavy atom. The van der Waals surface area contributed by atoms with Gasteiger partial charge < -0.3 is 5.32 Å². The number of carbonyl (C=O) groups is 1. The number of nitrogens with one attached hydrogen (secondary N) is 2. The van der Waals surface area contributed by atoms with Gasteiger partial charge in [-0.1, -0.05) is 26.0 Å². The third kappa shape index (κ3) is 6.88. The molecule has 1 amide bonds. The Kier molecular flexibility index (Phi) is 6.34. The highest BCUT2D eigenvalue weighted by molar-refractivity contribution is 7.88. The number of rotatable bonds is 7. The molecule has 0 heterocycles. The van der Waals surface area contributed by atoms with Crippen LogP contribution in [0.25, 0.3) is 0 Å². The van der Waals surface area contributed by atoms with Crippen molar-refractivity contribution < 1.29 is 13.2 Å². The van der Waals surface area contributed by atoms with Gasteiger partial charge >= 0.3 is 0 Å². The maximum absolute atomic E-state index is 11.8. The highest BCUT2D eigenvalue weighted by Gasteiger charge is 2.13. The van der Waals surface area contributed by atoms with Crippen LogP contribution in [-0.2, 0) is 20.6 Å². The van der Waals surface area contributed by atoms with Crippen molar-refractivity contribution in [2.45, 2.75) is 19.6 Å². The zero-order valence-corrected chi connectivity index (χ0v) is 12.9. The van der Waals surface area contributed by atoms with Crippen LogP contribution in [0.3, 0.4) is 0 Å². The van der Waals surface area contributed by atoms with E-state index < -0.39 is 10.0 Å². The topological polar surface area (TPSA) is 99.1 Å². The molecular weight excluding hydrogens is 290 g/mol. The van der Waals surface area contributed by atoms with Crippen molar-refractivity contribution in [3.8, 4) is 6.07 Å². The molecule has 114 valence electrons.